The van der Waals surface area contributed by atoms with Crippen molar-refractivity contribution in [2.75, 3.05) is 6.61 Å². The maximum atomic E-state index is 9.91. The maximum Gasteiger partial charge on any atom is 0.0875 e. The zero-order valence-corrected chi connectivity index (χ0v) is 8.62. The molecule has 3 N–H and O–H groups in total. The molecule has 1 aliphatic rings. The second-order valence-corrected chi connectivity index (χ2v) is 4.10. The Labute approximate surface area is 80.3 Å². The Balaban J connectivity index is 2.17. The summed E-state index contributed by atoms with van der Waals surface area (Å²) in [5, 5.41) is 9.91. The molecule has 0 atom stereocenters. The average molecular weight is 187 g/mol. The third kappa shape index (κ3) is 2.93. The summed E-state index contributed by atoms with van der Waals surface area (Å²) in [5.41, 5.74) is 5.01. The summed E-state index contributed by atoms with van der Waals surface area (Å²) < 4.78 is 5.57. The summed E-state index contributed by atoms with van der Waals surface area (Å²) in [6.45, 7) is 4.43. The minimum Gasteiger partial charge on any atom is -0.388 e. The van der Waals surface area contributed by atoms with E-state index >= 15 is 0 Å². The first-order valence-electron chi connectivity index (χ1n) is 5.19. The number of aliphatic hydroxyl groups is 1. The molecule has 0 saturated heterocycles. The van der Waals surface area contributed by atoms with Crippen LogP contribution in [0.15, 0.2) is 0 Å². The van der Waals surface area contributed by atoms with E-state index < -0.39 is 5.60 Å². The van der Waals surface area contributed by atoms with Crippen molar-refractivity contribution < 1.29 is 9.84 Å². The molecule has 3 nitrogen and oxygen atoms in total. The predicted molar refractivity (Wildman–Crippen MR) is 52.5 cm³/mol. The molecule has 1 rings (SSSR count). The van der Waals surface area contributed by atoms with Gasteiger partial charge in [-0.25, -0.2) is 0 Å². The molecule has 0 unspecified atom stereocenters. The Bertz CT molecular complexity index is 151. The van der Waals surface area contributed by atoms with E-state index in [0.29, 0.717) is 18.8 Å². The molecule has 1 fully saturated rings. The lowest BCUT2D eigenvalue weighted by Crippen LogP contribution is -2.44. The highest BCUT2D eigenvalue weighted by molar-refractivity contribution is 4.84. The first kappa shape index (κ1) is 11.0. The minimum absolute atomic E-state index is 0.291. The van der Waals surface area contributed by atoms with Crippen LogP contribution in [0.4, 0.5) is 0 Å². The Morgan fingerprint density at radius 3 is 2.31 bits per heavy atom. The van der Waals surface area contributed by atoms with Crippen LogP contribution in [0.25, 0.3) is 0 Å². The SMILES string of the molecule is CCC(O)(CC)COC1CC(N)C1. The van der Waals surface area contributed by atoms with Crippen LogP contribution in [-0.4, -0.2) is 29.5 Å². The van der Waals surface area contributed by atoms with Gasteiger partial charge in [0.15, 0.2) is 0 Å². The highest BCUT2D eigenvalue weighted by atomic mass is 16.5. The lowest BCUT2D eigenvalue weighted by molar-refractivity contribution is -0.0991. The van der Waals surface area contributed by atoms with Crippen molar-refractivity contribution in [3.8, 4) is 0 Å². The van der Waals surface area contributed by atoms with Gasteiger partial charge in [0.2, 0.25) is 0 Å². The second kappa shape index (κ2) is 4.40. The molecule has 13 heavy (non-hydrogen) atoms. The van der Waals surface area contributed by atoms with Crippen LogP contribution >= 0.6 is 0 Å². The number of rotatable bonds is 5. The maximum absolute atomic E-state index is 9.91. The number of nitrogens with two attached hydrogens (primary N) is 1. The van der Waals surface area contributed by atoms with Gasteiger partial charge in [0.25, 0.3) is 0 Å². The number of hydrogen-bond acceptors (Lipinski definition) is 3. The quantitative estimate of drug-likeness (QED) is 0.676. The van der Waals surface area contributed by atoms with Crippen LogP contribution in [0.5, 0.6) is 0 Å². The number of hydrogen-bond donors (Lipinski definition) is 2. The van der Waals surface area contributed by atoms with E-state index in [-0.39, 0.29) is 0 Å². The molecule has 0 radical (unpaired) electrons. The third-order valence-electron chi connectivity index (χ3n) is 3.04. The van der Waals surface area contributed by atoms with Crippen LogP contribution in [0.3, 0.4) is 0 Å². The first-order chi connectivity index (χ1) is 6.09. The van der Waals surface area contributed by atoms with Crippen LogP contribution in [0.2, 0.25) is 0 Å². The van der Waals surface area contributed by atoms with Gasteiger partial charge in [-0.15, -0.1) is 0 Å². The van der Waals surface area contributed by atoms with Gasteiger partial charge in [0.1, 0.15) is 0 Å². The Morgan fingerprint density at radius 2 is 1.92 bits per heavy atom. The first-order valence-corrected chi connectivity index (χ1v) is 5.19. The molecule has 0 aliphatic heterocycles. The summed E-state index contributed by atoms with van der Waals surface area (Å²) in [5.74, 6) is 0. The van der Waals surface area contributed by atoms with Crippen LogP contribution in [-0.2, 0) is 4.74 Å². The second-order valence-electron chi connectivity index (χ2n) is 4.10. The average Bonchev–Trinajstić information content (AvgIpc) is 2.10. The lowest BCUT2D eigenvalue weighted by Gasteiger charge is -2.35. The van der Waals surface area contributed by atoms with Crippen molar-refractivity contribution in [3.05, 3.63) is 0 Å². The Morgan fingerprint density at radius 1 is 1.38 bits per heavy atom. The van der Waals surface area contributed by atoms with Gasteiger partial charge < -0.3 is 15.6 Å². The fraction of sp³-hybridized carbons (Fsp3) is 1.00. The molecule has 78 valence electrons. The van der Waals surface area contributed by atoms with E-state index in [9.17, 15) is 5.11 Å². The van der Waals surface area contributed by atoms with E-state index in [1.165, 1.54) is 0 Å². The molecular formula is C10H21NO2. The molecule has 0 heterocycles. The van der Waals surface area contributed by atoms with Gasteiger partial charge in [-0.1, -0.05) is 13.8 Å². The van der Waals surface area contributed by atoms with Crippen molar-refractivity contribution >= 4 is 0 Å². The molecule has 0 bridgehead atoms. The van der Waals surface area contributed by atoms with Crippen LogP contribution < -0.4 is 5.73 Å². The smallest absolute Gasteiger partial charge is 0.0875 e. The van der Waals surface area contributed by atoms with Gasteiger partial charge >= 0.3 is 0 Å². The van der Waals surface area contributed by atoms with Crippen molar-refractivity contribution in [3.63, 3.8) is 0 Å². The van der Waals surface area contributed by atoms with Crippen molar-refractivity contribution in [1.82, 2.24) is 0 Å². The highest BCUT2D eigenvalue weighted by Gasteiger charge is 2.30. The summed E-state index contributed by atoms with van der Waals surface area (Å²) in [6, 6.07) is 0.321. The van der Waals surface area contributed by atoms with Gasteiger partial charge in [0.05, 0.1) is 18.3 Å². The van der Waals surface area contributed by atoms with Crippen LogP contribution in [0, 0.1) is 0 Å². The predicted octanol–water partition coefficient (Wildman–Crippen LogP) is 1.04. The third-order valence-corrected chi connectivity index (χ3v) is 3.04. The summed E-state index contributed by atoms with van der Waals surface area (Å²) in [7, 11) is 0. The van der Waals surface area contributed by atoms with Gasteiger partial charge in [-0.3, -0.25) is 0 Å². The molecule has 0 aromatic rings. The molecule has 3 heteroatoms. The van der Waals surface area contributed by atoms with Crippen molar-refractivity contribution in [2.24, 2.45) is 5.73 Å². The molecule has 0 aromatic carbocycles. The molecular weight excluding hydrogens is 166 g/mol. The molecule has 0 aromatic heterocycles. The van der Waals surface area contributed by atoms with Gasteiger partial charge in [0, 0.05) is 6.04 Å². The Kier molecular flexibility index (Phi) is 3.71. The van der Waals surface area contributed by atoms with E-state index in [1.807, 2.05) is 13.8 Å². The van der Waals surface area contributed by atoms with E-state index in [2.05, 4.69) is 0 Å². The van der Waals surface area contributed by atoms with E-state index in [1.54, 1.807) is 0 Å². The fourth-order valence-corrected chi connectivity index (χ4v) is 1.47. The summed E-state index contributed by atoms with van der Waals surface area (Å²) >= 11 is 0. The standard InChI is InChI=1S/C10H21NO2/c1-3-10(12,4-2)7-13-9-5-8(11)6-9/h8-9,12H,3-7,11H2,1-2H3. The summed E-state index contributed by atoms with van der Waals surface area (Å²) in [4.78, 5) is 0. The van der Waals surface area contributed by atoms with Crippen molar-refractivity contribution in [2.45, 2.75) is 57.3 Å². The normalized spacial score (nSPS) is 28.6. The fourth-order valence-electron chi connectivity index (χ4n) is 1.47. The Hall–Kier alpha value is -0.120. The minimum atomic E-state index is -0.625. The molecule has 0 spiro atoms. The van der Waals surface area contributed by atoms with E-state index in [0.717, 1.165) is 25.7 Å². The highest BCUT2D eigenvalue weighted by Crippen LogP contribution is 2.24. The van der Waals surface area contributed by atoms with Gasteiger partial charge in [-0.2, -0.15) is 0 Å². The molecule has 1 saturated carbocycles. The topological polar surface area (TPSA) is 55.5 Å². The zero-order chi connectivity index (χ0) is 9.90. The lowest BCUT2D eigenvalue weighted by atomic mass is 9.90. The van der Waals surface area contributed by atoms with Crippen molar-refractivity contribution in [1.29, 1.82) is 0 Å². The number of ether oxygens (including phenoxy) is 1. The summed E-state index contributed by atoms with van der Waals surface area (Å²) in [6.07, 6.45) is 3.69. The molecule has 1 aliphatic carbocycles. The zero-order valence-electron chi connectivity index (χ0n) is 8.62. The monoisotopic (exact) mass is 187 g/mol. The largest absolute Gasteiger partial charge is 0.388 e. The van der Waals surface area contributed by atoms with Crippen LogP contribution in [0.1, 0.15) is 39.5 Å². The van der Waals surface area contributed by atoms with Gasteiger partial charge in [-0.05, 0) is 25.7 Å². The van der Waals surface area contributed by atoms with E-state index in [4.69, 9.17) is 10.5 Å². The molecule has 0 amide bonds.